The van der Waals surface area contributed by atoms with E-state index in [1.165, 1.54) is 12.8 Å². The third-order valence-corrected chi connectivity index (χ3v) is 3.43. The lowest BCUT2D eigenvalue weighted by Gasteiger charge is -2.15. The van der Waals surface area contributed by atoms with Crippen molar-refractivity contribution in [2.75, 3.05) is 27.4 Å². The third-order valence-electron chi connectivity index (χ3n) is 3.43. The summed E-state index contributed by atoms with van der Waals surface area (Å²) >= 11 is 0. The highest BCUT2D eigenvalue weighted by Crippen LogP contribution is 2.38. The number of ether oxygens (including phenoxy) is 3. The molecule has 0 atom stereocenters. The van der Waals surface area contributed by atoms with Gasteiger partial charge in [0.1, 0.15) is 0 Å². The minimum atomic E-state index is 0.683. The summed E-state index contributed by atoms with van der Waals surface area (Å²) in [7, 11) is 3.31. The molecule has 1 aromatic rings. The molecule has 1 fully saturated rings. The van der Waals surface area contributed by atoms with Crippen molar-refractivity contribution in [3.63, 3.8) is 0 Å². The van der Waals surface area contributed by atoms with Crippen molar-refractivity contribution >= 4 is 0 Å². The fourth-order valence-corrected chi connectivity index (χ4v) is 2.15. The fraction of sp³-hybridized carbons (Fsp3) is 0.625. The summed E-state index contributed by atoms with van der Waals surface area (Å²) in [4.78, 5) is 0. The maximum absolute atomic E-state index is 5.85. The topological polar surface area (TPSA) is 39.7 Å². The van der Waals surface area contributed by atoms with Crippen LogP contribution in [0.15, 0.2) is 12.1 Å². The van der Waals surface area contributed by atoms with Crippen LogP contribution in [0.25, 0.3) is 0 Å². The molecular weight excluding hydrogens is 254 g/mol. The van der Waals surface area contributed by atoms with Crippen molar-refractivity contribution in [1.29, 1.82) is 0 Å². The van der Waals surface area contributed by atoms with Crippen LogP contribution in [0.3, 0.4) is 0 Å². The summed E-state index contributed by atoms with van der Waals surface area (Å²) in [6, 6.07) is 4.71. The van der Waals surface area contributed by atoms with Gasteiger partial charge in [-0.05, 0) is 56.8 Å². The van der Waals surface area contributed by atoms with E-state index < -0.39 is 0 Å². The number of benzene rings is 1. The van der Waals surface area contributed by atoms with E-state index in [0.29, 0.717) is 12.4 Å². The Balaban J connectivity index is 1.80. The zero-order valence-corrected chi connectivity index (χ0v) is 12.7. The molecule has 0 spiro atoms. The van der Waals surface area contributed by atoms with Crippen molar-refractivity contribution in [1.82, 2.24) is 5.32 Å². The van der Waals surface area contributed by atoms with Crippen LogP contribution in [-0.4, -0.2) is 33.4 Å². The van der Waals surface area contributed by atoms with Crippen LogP contribution in [-0.2, 0) is 0 Å². The Bertz CT molecular complexity index is 405. The highest BCUT2D eigenvalue weighted by molar-refractivity contribution is 5.53. The first-order valence-corrected chi connectivity index (χ1v) is 7.33. The van der Waals surface area contributed by atoms with E-state index in [4.69, 9.17) is 14.2 Å². The van der Waals surface area contributed by atoms with Gasteiger partial charge in [0.05, 0.1) is 20.8 Å². The summed E-state index contributed by atoms with van der Waals surface area (Å²) < 4.78 is 16.6. The summed E-state index contributed by atoms with van der Waals surface area (Å²) in [6.07, 6.45) is 4.84. The van der Waals surface area contributed by atoms with E-state index in [9.17, 15) is 0 Å². The Kier molecular flexibility index (Phi) is 5.53. The first-order chi connectivity index (χ1) is 9.74. The van der Waals surface area contributed by atoms with Crippen LogP contribution in [0, 0.1) is 6.92 Å². The van der Waals surface area contributed by atoms with E-state index in [0.717, 1.165) is 42.5 Å². The molecule has 1 aliphatic rings. The molecule has 0 unspecified atom stereocenters. The Morgan fingerprint density at radius 2 is 1.75 bits per heavy atom. The SMILES string of the molecule is COc1cc(C)cc(OC)c1OCCCCNC1CC1. The second-order valence-electron chi connectivity index (χ2n) is 5.28. The zero-order chi connectivity index (χ0) is 14.4. The molecule has 4 nitrogen and oxygen atoms in total. The molecule has 1 saturated carbocycles. The van der Waals surface area contributed by atoms with Crippen LogP contribution in [0.1, 0.15) is 31.2 Å². The second-order valence-corrected chi connectivity index (χ2v) is 5.28. The number of nitrogens with one attached hydrogen (secondary N) is 1. The lowest BCUT2D eigenvalue weighted by atomic mass is 10.2. The van der Waals surface area contributed by atoms with E-state index >= 15 is 0 Å². The molecule has 1 aromatic carbocycles. The Labute approximate surface area is 121 Å². The largest absolute Gasteiger partial charge is 0.493 e. The lowest BCUT2D eigenvalue weighted by Crippen LogP contribution is -2.18. The summed E-state index contributed by atoms with van der Waals surface area (Å²) in [6.45, 7) is 3.77. The number of methoxy groups -OCH3 is 2. The van der Waals surface area contributed by atoms with Crippen molar-refractivity contribution in [2.45, 2.75) is 38.6 Å². The molecule has 2 rings (SSSR count). The number of hydrogen-bond acceptors (Lipinski definition) is 4. The predicted octanol–water partition coefficient (Wildman–Crippen LogP) is 2.92. The van der Waals surface area contributed by atoms with Crippen molar-refractivity contribution in [3.05, 3.63) is 17.7 Å². The second kappa shape index (κ2) is 7.39. The van der Waals surface area contributed by atoms with Gasteiger partial charge >= 0.3 is 0 Å². The van der Waals surface area contributed by atoms with E-state index in [1.807, 2.05) is 19.1 Å². The molecule has 4 heteroatoms. The van der Waals surface area contributed by atoms with E-state index in [1.54, 1.807) is 14.2 Å². The molecule has 1 N–H and O–H groups in total. The summed E-state index contributed by atoms with van der Waals surface area (Å²) in [5.74, 6) is 2.17. The van der Waals surface area contributed by atoms with Crippen LogP contribution < -0.4 is 19.5 Å². The third kappa shape index (κ3) is 4.30. The Hall–Kier alpha value is -1.42. The van der Waals surface area contributed by atoms with Gasteiger partial charge < -0.3 is 19.5 Å². The summed E-state index contributed by atoms with van der Waals surface area (Å²) in [5.41, 5.74) is 1.10. The minimum Gasteiger partial charge on any atom is -0.493 e. The van der Waals surface area contributed by atoms with Gasteiger partial charge in [-0.2, -0.15) is 0 Å². The van der Waals surface area contributed by atoms with E-state index in [-0.39, 0.29) is 0 Å². The average molecular weight is 279 g/mol. The quantitative estimate of drug-likeness (QED) is 0.706. The number of unbranched alkanes of at least 4 members (excludes halogenated alkanes) is 1. The predicted molar refractivity (Wildman–Crippen MR) is 80.0 cm³/mol. The molecule has 0 radical (unpaired) electrons. The van der Waals surface area contributed by atoms with Crippen LogP contribution in [0.5, 0.6) is 17.2 Å². The maximum atomic E-state index is 5.85. The van der Waals surface area contributed by atoms with Crippen LogP contribution >= 0.6 is 0 Å². The molecule has 0 heterocycles. The molecule has 1 aliphatic carbocycles. The van der Waals surface area contributed by atoms with Crippen LogP contribution in [0.4, 0.5) is 0 Å². The highest BCUT2D eigenvalue weighted by Gasteiger charge is 2.19. The highest BCUT2D eigenvalue weighted by atomic mass is 16.5. The van der Waals surface area contributed by atoms with Gasteiger partial charge in [-0.15, -0.1) is 0 Å². The standard InChI is InChI=1S/C16H25NO3/c1-12-10-14(18-2)16(15(11-12)19-3)20-9-5-4-8-17-13-6-7-13/h10-11,13,17H,4-9H2,1-3H3. The van der Waals surface area contributed by atoms with Gasteiger partial charge in [-0.3, -0.25) is 0 Å². The number of aryl methyl sites for hydroxylation is 1. The number of hydrogen-bond donors (Lipinski definition) is 1. The molecule has 0 amide bonds. The maximum Gasteiger partial charge on any atom is 0.203 e. The van der Waals surface area contributed by atoms with Crippen molar-refractivity contribution < 1.29 is 14.2 Å². The Morgan fingerprint density at radius 3 is 2.30 bits per heavy atom. The molecular formula is C16H25NO3. The minimum absolute atomic E-state index is 0.683. The van der Waals surface area contributed by atoms with E-state index in [2.05, 4.69) is 5.32 Å². The first kappa shape index (κ1) is 15.0. The average Bonchev–Trinajstić information content (AvgIpc) is 3.27. The van der Waals surface area contributed by atoms with Gasteiger partial charge in [0.2, 0.25) is 5.75 Å². The monoisotopic (exact) mass is 279 g/mol. The molecule has 0 saturated heterocycles. The van der Waals surface area contributed by atoms with Gasteiger partial charge in [0.15, 0.2) is 11.5 Å². The van der Waals surface area contributed by atoms with Gasteiger partial charge in [-0.1, -0.05) is 0 Å². The molecule has 20 heavy (non-hydrogen) atoms. The number of rotatable bonds is 9. The normalized spacial score (nSPS) is 14.2. The Morgan fingerprint density at radius 1 is 1.10 bits per heavy atom. The lowest BCUT2D eigenvalue weighted by molar-refractivity contribution is 0.268. The van der Waals surface area contributed by atoms with Gasteiger partial charge in [0.25, 0.3) is 0 Å². The van der Waals surface area contributed by atoms with Crippen molar-refractivity contribution in [3.8, 4) is 17.2 Å². The fourth-order valence-electron chi connectivity index (χ4n) is 2.15. The molecule has 112 valence electrons. The van der Waals surface area contributed by atoms with Gasteiger partial charge in [0, 0.05) is 6.04 Å². The van der Waals surface area contributed by atoms with Crippen LogP contribution in [0.2, 0.25) is 0 Å². The summed E-state index contributed by atoms with van der Waals surface area (Å²) in [5, 5.41) is 3.50. The smallest absolute Gasteiger partial charge is 0.203 e. The van der Waals surface area contributed by atoms with Gasteiger partial charge in [-0.25, -0.2) is 0 Å². The van der Waals surface area contributed by atoms with Crippen molar-refractivity contribution in [2.24, 2.45) is 0 Å². The molecule has 0 bridgehead atoms. The first-order valence-electron chi connectivity index (χ1n) is 7.33. The molecule has 0 aromatic heterocycles. The molecule has 0 aliphatic heterocycles. The zero-order valence-electron chi connectivity index (χ0n) is 12.7.